The maximum absolute atomic E-state index is 12.5. The summed E-state index contributed by atoms with van der Waals surface area (Å²) in [5.41, 5.74) is 2.99. The van der Waals surface area contributed by atoms with Gasteiger partial charge >= 0.3 is 0 Å². The van der Waals surface area contributed by atoms with E-state index in [9.17, 15) is 4.79 Å². The van der Waals surface area contributed by atoms with E-state index in [1.54, 1.807) is 39.5 Å². The van der Waals surface area contributed by atoms with Crippen molar-refractivity contribution in [2.45, 2.75) is 19.3 Å². The van der Waals surface area contributed by atoms with Gasteiger partial charge in [0.15, 0.2) is 11.5 Å². The highest BCUT2D eigenvalue weighted by Crippen LogP contribution is 2.44. The summed E-state index contributed by atoms with van der Waals surface area (Å²) in [6.45, 7) is 1.89. The predicted octanol–water partition coefficient (Wildman–Crippen LogP) is 3.40. The molecule has 1 N–H and O–H groups in total. The first-order valence-electron chi connectivity index (χ1n) is 8.53. The van der Waals surface area contributed by atoms with Crippen LogP contribution in [0.15, 0.2) is 36.7 Å². The summed E-state index contributed by atoms with van der Waals surface area (Å²) >= 11 is 12.9. The molecule has 3 aromatic heterocycles. The van der Waals surface area contributed by atoms with Crippen LogP contribution in [-0.4, -0.2) is 35.5 Å². The van der Waals surface area contributed by atoms with E-state index in [2.05, 4.69) is 25.7 Å². The smallest absolute Gasteiger partial charge is 0.226 e. The zero-order valence-electron chi connectivity index (χ0n) is 14.6. The zero-order chi connectivity index (χ0) is 19.4. The molecule has 0 aliphatic carbocycles. The Kier molecular flexibility index (Phi) is 3.85. The highest BCUT2D eigenvalue weighted by atomic mass is 35.5. The average molecular weight is 414 g/mol. The molecule has 1 amide bonds. The first-order valence-corrected chi connectivity index (χ1v) is 9.29. The number of fused-ring (bicyclic) bond motifs is 2. The third-order valence-corrected chi connectivity index (χ3v) is 5.47. The molecule has 10 heteroatoms. The van der Waals surface area contributed by atoms with Crippen LogP contribution in [-0.2, 0) is 4.79 Å². The maximum atomic E-state index is 12.5. The average Bonchev–Trinajstić information content (AvgIpc) is 3.25. The number of hydrogen-bond acceptors (Lipinski definition) is 5. The predicted molar refractivity (Wildman–Crippen MR) is 104 cm³/mol. The van der Waals surface area contributed by atoms with Crippen LogP contribution in [0.4, 0.5) is 5.82 Å². The van der Waals surface area contributed by atoms with Crippen molar-refractivity contribution in [3.63, 3.8) is 0 Å². The summed E-state index contributed by atoms with van der Waals surface area (Å²) in [6, 6.07) is 8.89. The molecule has 0 saturated carbocycles. The fourth-order valence-corrected chi connectivity index (χ4v) is 4.30. The molecule has 4 heterocycles. The van der Waals surface area contributed by atoms with Crippen LogP contribution in [0.2, 0.25) is 10.0 Å². The van der Waals surface area contributed by atoms with Crippen molar-refractivity contribution >= 4 is 40.6 Å². The Morgan fingerprint density at radius 3 is 2.68 bits per heavy atom. The molecule has 0 spiro atoms. The highest BCUT2D eigenvalue weighted by molar-refractivity contribution is 6.36. The van der Waals surface area contributed by atoms with Gasteiger partial charge in [-0.25, -0.2) is 0 Å². The fourth-order valence-electron chi connectivity index (χ4n) is 3.63. The number of carbonyl (C=O) groups excluding carboxylic acids is 1. The molecular formula is C18H13Cl2N7O. The Bertz CT molecular complexity index is 1230. The molecule has 1 aromatic carbocycles. The van der Waals surface area contributed by atoms with E-state index in [1.165, 1.54) is 6.33 Å². The number of amides is 1. The van der Waals surface area contributed by atoms with Crippen molar-refractivity contribution in [1.82, 2.24) is 29.6 Å². The topological polar surface area (TPSA) is 90.0 Å². The van der Waals surface area contributed by atoms with Gasteiger partial charge in [0.05, 0.1) is 5.69 Å². The van der Waals surface area contributed by atoms with Crippen molar-refractivity contribution < 1.29 is 4.79 Å². The Morgan fingerprint density at radius 1 is 1.11 bits per heavy atom. The number of halogens is 2. The number of aromatic nitrogens is 6. The van der Waals surface area contributed by atoms with E-state index in [0.29, 0.717) is 27.3 Å². The van der Waals surface area contributed by atoms with E-state index < -0.39 is 0 Å². The number of carbonyl (C=O) groups is 1. The second-order valence-electron chi connectivity index (χ2n) is 6.52. The molecule has 140 valence electrons. The van der Waals surface area contributed by atoms with Gasteiger partial charge in [0, 0.05) is 27.9 Å². The number of rotatable bonds is 2. The lowest BCUT2D eigenvalue weighted by molar-refractivity contribution is -0.116. The number of nitrogens with zero attached hydrogens (tertiary/aromatic N) is 6. The minimum Gasteiger partial charge on any atom is -0.310 e. The van der Waals surface area contributed by atoms with Gasteiger partial charge in [0.1, 0.15) is 12.1 Å². The molecule has 1 aliphatic heterocycles. The van der Waals surface area contributed by atoms with E-state index in [-0.39, 0.29) is 18.2 Å². The summed E-state index contributed by atoms with van der Waals surface area (Å²) in [7, 11) is 0. The first-order chi connectivity index (χ1) is 13.5. The Morgan fingerprint density at radius 2 is 1.89 bits per heavy atom. The van der Waals surface area contributed by atoms with Crippen LogP contribution in [0.3, 0.4) is 0 Å². The standard InChI is InChI=1S/C18H13Cl2N7O/c1-9-16-10(17-11(19)3-2-4-12(17)20)7-15(28)22-18(16)27(24-9)14-6-5-13-23-21-8-26(13)25-14/h2-6,8,10H,7H2,1H3,(H,22,28). The number of hydrogen-bond donors (Lipinski definition) is 1. The minimum atomic E-state index is -0.294. The summed E-state index contributed by atoms with van der Waals surface area (Å²) in [4.78, 5) is 12.5. The molecular weight excluding hydrogens is 401 g/mol. The SMILES string of the molecule is Cc1nn(-c2ccc3nncn3n2)c2c1C(c1c(Cl)cccc1Cl)CC(=O)N2. The molecule has 0 radical (unpaired) electrons. The van der Waals surface area contributed by atoms with Crippen LogP contribution in [0, 0.1) is 6.92 Å². The quantitative estimate of drug-likeness (QED) is 0.543. The number of anilines is 1. The van der Waals surface area contributed by atoms with Gasteiger partial charge in [0.2, 0.25) is 5.91 Å². The van der Waals surface area contributed by atoms with Crippen LogP contribution >= 0.6 is 23.2 Å². The lowest BCUT2D eigenvalue weighted by atomic mass is 9.85. The van der Waals surface area contributed by atoms with E-state index in [1.807, 2.05) is 6.92 Å². The van der Waals surface area contributed by atoms with Crippen molar-refractivity contribution in [3.8, 4) is 5.82 Å². The van der Waals surface area contributed by atoms with Gasteiger partial charge in [-0.05, 0) is 36.8 Å². The van der Waals surface area contributed by atoms with Crippen LogP contribution < -0.4 is 5.32 Å². The number of benzene rings is 1. The molecule has 0 bridgehead atoms. The summed E-state index contributed by atoms with van der Waals surface area (Å²) in [5.74, 6) is 0.662. The normalized spacial score (nSPS) is 16.2. The third kappa shape index (κ3) is 2.56. The molecule has 28 heavy (non-hydrogen) atoms. The molecule has 8 nitrogen and oxygen atoms in total. The Labute approximate surface area is 169 Å². The second-order valence-corrected chi connectivity index (χ2v) is 7.34. The molecule has 0 fully saturated rings. The van der Waals surface area contributed by atoms with Gasteiger partial charge < -0.3 is 5.32 Å². The largest absolute Gasteiger partial charge is 0.310 e. The second kappa shape index (κ2) is 6.29. The number of nitrogens with one attached hydrogen (secondary N) is 1. The molecule has 5 rings (SSSR count). The van der Waals surface area contributed by atoms with E-state index >= 15 is 0 Å². The highest BCUT2D eigenvalue weighted by Gasteiger charge is 2.35. The maximum Gasteiger partial charge on any atom is 0.226 e. The van der Waals surface area contributed by atoms with Gasteiger partial charge in [0.25, 0.3) is 0 Å². The Balaban J connectivity index is 1.71. The Hall–Kier alpha value is -2.97. The van der Waals surface area contributed by atoms with Gasteiger partial charge in [-0.15, -0.1) is 15.3 Å². The molecule has 0 saturated heterocycles. The lowest BCUT2D eigenvalue weighted by Gasteiger charge is -2.25. The fraction of sp³-hybridized carbons (Fsp3) is 0.167. The lowest BCUT2D eigenvalue weighted by Crippen LogP contribution is -2.25. The van der Waals surface area contributed by atoms with E-state index in [0.717, 1.165) is 16.8 Å². The van der Waals surface area contributed by atoms with Crippen molar-refractivity contribution in [2.75, 3.05) is 5.32 Å². The summed E-state index contributed by atoms with van der Waals surface area (Å²) in [5, 5.41) is 20.8. The molecule has 1 unspecified atom stereocenters. The number of aryl methyl sites for hydroxylation is 1. The minimum absolute atomic E-state index is 0.139. The zero-order valence-corrected chi connectivity index (χ0v) is 16.1. The van der Waals surface area contributed by atoms with Crippen LogP contribution in [0.5, 0.6) is 0 Å². The van der Waals surface area contributed by atoms with Crippen molar-refractivity contribution in [2.24, 2.45) is 0 Å². The van der Waals surface area contributed by atoms with Crippen LogP contribution in [0.25, 0.3) is 11.5 Å². The molecule has 1 atom stereocenters. The molecule has 4 aromatic rings. The third-order valence-electron chi connectivity index (χ3n) is 4.82. The monoisotopic (exact) mass is 413 g/mol. The summed E-state index contributed by atoms with van der Waals surface area (Å²) in [6.07, 6.45) is 1.74. The van der Waals surface area contributed by atoms with Gasteiger partial charge in [-0.2, -0.15) is 14.3 Å². The van der Waals surface area contributed by atoms with E-state index in [4.69, 9.17) is 23.2 Å². The first kappa shape index (κ1) is 17.2. The van der Waals surface area contributed by atoms with Crippen molar-refractivity contribution in [3.05, 3.63) is 63.5 Å². The molecule has 1 aliphatic rings. The van der Waals surface area contributed by atoms with Crippen LogP contribution in [0.1, 0.15) is 29.2 Å². The summed E-state index contributed by atoms with van der Waals surface area (Å²) < 4.78 is 3.16. The van der Waals surface area contributed by atoms with Crippen molar-refractivity contribution in [1.29, 1.82) is 0 Å². The van der Waals surface area contributed by atoms with Gasteiger partial charge in [-0.1, -0.05) is 29.3 Å². The van der Waals surface area contributed by atoms with Gasteiger partial charge in [-0.3, -0.25) is 4.79 Å².